The molecule has 1 aliphatic rings. The van der Waals surface area contributed by atoms with Crippen LogP contribution in [0.3, 0.4) is 0 Å². The Balaban J connectivity index is 0.00000169. The summed E-state index contributed by atoms with van der Waals surface area (Å²) in [5.41, 5.74) is 8.38. The van der Waals surface area contributed by atoms with Gasteiger partial charge in [-0.15, -0.1) is 24.8 Å². The van der Waals surface area contributed by atoms with Crippen LogP contribution >= 0.6 is 24.8 Å². The van der Waals surface area contributed by atoms with E-state index in [1.54, 1.807) is 6.20 Å². The molecule has 3 N–H and O–H groups in total. The Kier molecular flexibility index (Phi) is 9.24. The lowest BCUT2D eigenvalue weighted by atomic mass is 10.1. The molecule has 0 aliphatic carbocycles. The molecule has 1 amide bonds. The van der Waals surface area contributed by atoms with E-state index in [1.807, 2.05) is 36.4 Å². The number of piperidine rings is 1. The molecule has 3 rings (SSSR count). The number of aromatic nitrogens is 1. The molecule has 7 heteroatoms. The second kappa shape index (κ2) is 10.9. The van der Waals surface area contributed by atoms with Gasteiger partial charge in [0.05, 0.1) is 11.9 Å². The number of nitrogens with two attached hydrogens (primary N) is 1. The number of nitrogens with one attached hydrogen (secondary N) is 1. The van der Waals surface area contributed by atoms with E-state index in [2.05, 4.69) is 15.2 Å². The summed E-state index contributed by atoms with van der Waals surface area (Å²) in [4.78, 5) is 18.9. The van der Waals surface area contributed by atoms with Gasteiger partial charge in [0.25, 0.3) is 0 Å². The van der Waals surface area contributed by atoms with Crippen molar-refractivity contribution < 1.29 is 4.79 Å². The third-order valence-electron chi connectivity index (χ3n) is 4.39. The minimum absolute atomic E-state index is 0. The van der Waals surface area contributed by atoms with Crippen molar-refractivity contribution in [1.29, 1.82) is 0 Å². The molecule has 0 unspecified atom stereocenters. The Morgan fingerprint density at radius 2 is 1.81 bits per heavy atom. The zero-order valence-corrected chi connectivity index (χ0v) is 16.3. The summed E-state index contributed by atoms with van der Waals surface area (Å²) < 4.78 is 0. The van der Waals surface area contributed by atoms with E-state index < -0.39 is 0 Å². The fourth-order valence-corrected chi connectivity index (χ4v) is 3.00. The van der Waals surface area contributed by atoms with E-state index in [9.17, 15) is 4.79 Å². The summed E-state index contributed by atoms with van der Waals surface area (Å²) in [7, 11) is 0. The van der Waals surface area contributed by atoms with E-state index in [1.165, 1.54) is 19.3 Å². The van der Waals surface area contributed by atoms with Crippen molar-refractivity contribution in [2.24, 2.45) is 0 Å². The van der Waals surface area contributed by atoms with Crippen LogP contribution in [0.25, 0.3) is 0 Å². The number of benzene rings is 1. The first-order valence-corrected chi connectivity index (χ1v) is 8.56. The number of rotatable bonds is 5. The van der Waals surface area contributed by atoms with Crippen molar-refractivity contribution in [1.82, 2.24) is 4.98 Å². The first-order chi connectivity index (χ1) is 11.7. The number of aryl methyl sites for hydroxylation is 1. The summed E-state index contributed by atoms with van der Waals surface area (Å²) in [5.74, 6) is 0.968. The number of hydrogen-bond donors (Lipinski definition) is 2. The molecule has 0 radical (unpaired) electrons. The minimum Gasteiger partial charge on any atom is -0.399 e. The fraction of sp³-hybridized carbons (Fsp3) is 0.368. The molecule has 26 heavy (non-hydrogen) atoms. The number of hydrogen-bond acceptors (Lipinski definition) is 4. The van der Waals surface area contributed by atoms with Crippen molar-refractivity contribution in [2.45, 2.75) is 32.1 Å². The summed E-state index contributed by atoms with van der Waals surface area (Å²) in [5, 5.41) is 2.90. The third kappa shape index (κ3) is 6.07. The lowest BCUT2D eigenvalue weighted by Crippen LogP contribution is -2.30. The summed E-state index contributed by atoms with van der Waals surface area (Å²) in [6.45, 7) is 2.13. The van der Waals surface area contributed by atoms with Crippen LogP contribution in [-0.2, 0) is 11.2 Å². The second-order valence-corrected chi connectivity index (χ2v) is 6.20. The van der Waals surface area contributed by atoms with E-state index >= 15 is 0 Å². The van der Waals surface area contributed by atoms with Crippen molar-refractivity contribution in [3.05, 3.63) is 48.2 Å². The molecule has 0 saturated carbocycles. The predicted molar refractivity (Wildman–Crippen MR) is 113 cm³/mol. The van der Waals surface area contributed by atoms with E-state index in [-0.39, 0.29) is 30.7 Å². The third-order valence-corrected chi connectivity index (χ3v) is 4.39. The van der Waals surface area contributed by atoms with Crippen LogP contribution in [0, 0.1) is 0 Å². The average molecular weight is 397 g/mol. The van der Waals surface area contributed by atoms with Crippen LogP contribution in [0.1, 0.15) is 31.2 Å². The van der Waals surface area contributed by atoms with E-state index in [0.29, 0.717) is 12.8 Å². The van der Waals surface area contributed by atoms with Gasteiger partial charge in [-0.1, -0.05) is 18.2 Å². The molecule has 1 saturated heterocycles. The highest BCUT2D eigenvalue weighted by atomic mass is 35.5. The van der Waals surface area contributed by atoms with Crippen LogP contribution in [0.5, 0.6) is 0 Å². The summed E-state index contributed by atoms with van der Waals surface area (Å²) >= 11 is 0. The van der Waals surface area contributed by atoms with Gasteiger partial charge < -0.3 is 16.0 Å². The van der Waals surface area contributed by atoms with Crippen molar-refractivity contribution >= 4 is 47.9 Å². The van der Waals surface area contributed by atoms with Gasteiger partial charge in [-0.25, -0.2) is 4.98 Å². The highest BCUT2D eigenvalue weighted by Gasteiger charge is 2.12. The molecule has 0 bridgehead atoms. The normalized spacial score (nSPS) is 13.3. The molecule has 2 heterocycles. The number of nitrogen functional groups attached to an aromatic ring is 1. The largest absolute Gasteiger partial charge is 0.399 e. The molecule has 0 spiro atoms. The Morgan fingerprint density at radius 3 is 2.46 bits per heavy atom. The van der Waals surface area contributed by atoms with Gasteiger partial charge >= 0.3 is 0 Å². The molecular weight excluding hydrogens is 371 g/mol. The lowest BCUT2D eigenvalue weighted by Gasteiger charge is -2.27. The van der Waals surface area contributed by atoms with Gasteiger partial charge in [-0.3, -0.25) is 4.79 Å². The van der Waals surface area contributed by atoms with Crippen molar-refractivity contribution in [2.75, 3.05) is 29.0 Å². The standard InChI is InChI=1S/C19H24N4O.2ClH/c20-17-7-3-2-6-15(17)8-11-19(24)22-16-9-10-18(21-14-16)23-12-4-1-5-13-23;;/h2-3,6-7,9-10,14H,1,4-5,8,11-13,20H2,(H,22,24);2*1H. The number of amides is 1. The number of carbonyl (C=O) groups is 1. The molecule has 1 aromatic carbocycles. The molecule has 1 aromatic heterocycles. The quantitative estimate of drug-likeness (QED) is 0.747. The van der Waals surface area contributed by atoms with Gasteiger partial charge in [-0.05, 0) is 49.4 Å². The second-order valence-electron chi connectivity index (χ2n) is 6.20. The topological polar surface area (TPSA) is 71.2 Å². The maximum Gasteiger partial charge on any atom is 0.224 e. The number of pyridine rings is 1. The predicted octanol–water partition coefficient (Wildman–Crippen LogP) is 4.07. The van der Waals surface area contributed by atoms with Gasteiger partial charge in [0.1, 0.15) is 5.82 Å². The number of carbonyl (C=O) groups excluding carboxylic acids is 1. The average Bonchev–Trinajstić information content (AvgIpc) is 2.62. The zero-order chi connectivity index (χ0) is 16.8. The number of nitrogens with zero attached hydrogens (tertiary/aromatic N) is 2. The minimum atomic E-state index is -0.0224. The maximum absolute atomic E-state index is 12.1. The zero-order valence-electron chi connectivity index (χ0n) is 14.7. The molecular formula is C19H26Cl2N4O. The molecule has 1 aliphatic heterocycles. The summed E-state index contributed by atoms with van der Waals surface area (Å²) in [6, 6.07) is 11.6. The molecule has 5 nitrogen and oxygen atoms in total. The highest BCUT2D eigenvalue weighted by Crippen LogP contribution is 2.19. The Labute approximate surface area is 167 Å². The Bertz CT molecular complexity index is 688. The van der Waals surface area contributed by atoms with Gasteiger partial charge in [0.2, 0.25) is 5.91 Å². The van der Waals surface area contributed by atoms with Crippen molar-refractivity contribution in [3.63, 3.8) is 0 Å². The molecule has 1 fully saturated rings. The first kappa shape index (κ1) is 22.1. The van der Waals surface area contributed by atoms with E-state index in [4.69, 9.17) is 5.73 Å². The van der Waals surface area contributed by atoms with Crippen LogP contribution in [-0.4, -0.2) is 24.0 Å². The smallest absolute Gasteiger partial charge is 0.224 e. The SMILES string of the molecule is Cl.Cl.Nc1ccccc1CCC(=O)Nc1ccc(N2CCCCC2)nc1. The van der Waals surface area contributed by atoms with E-state index in [0.717, 1.165) is 35.8 Å². The van der Waals surface area contributed by atoms with Gasteiger partial charge in [0, 0.05) is 25.2 Å². The molecule has 0 atom stereocenters. The van der Waals surface area contributed by atoms with Gasteiger partial charge in [-0.2, -0.15) is 0 Å². The van der Waals surface area contributed by atoms with Crippen molar-refractivity contribution in [3.8, 4) is 0 Å². The maximum atomic E-state index is 12.1. The van der Waals surface area contributed by atoms with Gasteiger partial charge in [0.15, 0.2) is 0 Å². The number of halogens is 2. The van der Waals surface area contributed by atoms with Crippen LogP contribution in [0.4, 0.5) is 17.2 Å². The number of para-hydroxylation sites is 1. The van der Waals surface area contributed by atoms with Crippen LogP contribution in [0.2, 0.25) is 0 Å². The molecule has 2 aromatic rings. The lowest BCUT2D eigenvalue weighted by molar-refractivity contribution is -0.116. The monoisotopic (exact) mass is 396 g/mol. The fourth-order valence-electron chi connectivity index (χ4n) is 3.00. The van der Waals surface area contributed by atoms with Crippen LogP contribution in [0.15, 0.2) is 42.6 Å². The van der Waals surface area contributed by atoms with Crippen LogP contribution < -0.4 is 16.0 Å². The Hall–Kier alpha value is -1.98. The summed E-state index contributed by atoms with van der Waals surface area (Å²) in [6.07, 6.45) is 6.53. The first-order valence-electron chi connectivity index (χ1n) is 8.56. The highest BCUT2D eigenvalue weighted by molar-refractivity contribution is 5.90. The molecule has 142 valence electrons. The Morgan fingerprint density at radius 1 is 1.08 bits per heavy atom. The number of anilines is 3.